The van der Waals surface area contributed by atoms with Crippen LogP contribution in [0.2, 0.25) is 0 Å². The molecule has 0 fully saturated rings. The van der Waals surface area contributed by atoms with Gasteiger partial charge in [-0.05, 0) is 42.3 Å². The number of halogens is 1. The highest BCUT2D eigenvalue weighted by Crippen LogP contribution is 2.18. The molecule has 4 N–H and O–H groups in total. The van der Waals surface area contributed by atoms with Crippen LogP contribution < -0.4 is 16.4 Å². The van der Waals surface area contributed by atoms with Crippen LogP contribution >= 0.6 is 15.9 Å². The molecule has 0 atom stereocenters. The van der Waals surface area contributed by atoms with Crippen molar-refractivity contribution in [1.82, 2.24) is 0 Å². The van der Waals surface area contributed by atoms with Crippen LogP contribution in [0.4, 0.5) is 16.2 Å². The van der Waals surface area contributed by atoms with E-state index in [1.165, 1.54) is 0 Å². The molecule has 6 heteroatoms. The fraction of sp³-hybridized carbons (Fsp3) is 0.125. The number of primary amides is 1. The fourth-order valence-corrected chi connectivity index (χ4v) is 2.20. The maximum absolute atomic E-state index is 12.0. The van der Waals surface area contributed by atoms with Crippen LogP contribution in [-0.2, 0) is 11.2 Å². The lowest BCUT2D eigenvalue weighted by Gasteiger charge is -2.11. The van der Waals surface area contributed by atoms with E-state index in [1.54, 1.807) is 18.2 Å². The van der Waals surface area contributed by atoms with E-state index in [0.29, 0.717) is 17.8 Å². The maximum Gasteiger partial charge on any atom is 0.323 e. The van der Waals surface area contributed by atoms with Crippen LogP contribution in [0.1, 0.15) is 12.0 Å². The molecule has 0 heterocycles. The van der Waals surface area contributed by atoms with Gasteiger partial charge in [0.2, 0.25) is 5.91 Å². The molecular formula is C16H16BrN3O2. The molecule has 0 aliphatic heterocycles. The van der Waals surface area contributed by atoms with Gasteiger partial charge in [0.1, 0.15) is 0 Å². The van der Waals surface area contributed by atoms with Gasteiger partial charge in [-0.25, -0.2) is 4.79 Å². The topological polar surface area (TPSA) is 84.2 Å². The maximum atomic E-state index is 12.0. The number of hydrogen-bond donors (Lipinski definition) is 3. The zero-order valence-corrected chi connectivity index (χ0v) is 13.4. The summed E-state index contributed by atoms with van der Waals surface area (Å²) >= 11 is 3.34. The molecule has 114 valence electrons. The molecule has 0 saturated carbocycles. The standard InChI is InChI=1S/C16H16BrN3O2/c17-12-6-8-13(9-7-12)19-16(22)20-14-4-2-1-3-11(14)5-10-15(18)21/h1-4,6-9H,5,10H2,(H2,18,21)(H2,19,20,22). The highest BCUT2D eigenvalue weighted by atomic mass is 79.9. The Bertz CT molecular complexity index is 671. The molecule has 0 spiro atoms. The second-order valence-corrected chi connectivity index (χ2v) is 5.63. The van der Waals surface area contributed by atoms with E-state index in [4.69, 9.17) is 5.73 Å². The third-order valence-electron chi connectivity index (χ3n) is 3.01. The van der Waals surface area contributed by atoms with Crippen molar-refractivity contribution in [2.24, 2.45) is 5.73 Å². The first-order valence-corrected chi connectivity index (χ1v) is 7.53. The Labute approximate surface area is 137 Å². The summed E-state index contributed by atoms with van der Waals surface area (Å²) in [4.78, 5) is 22.9. The summed E-state index contributed by atoms with van der Waals surface area (Å²) in [5, 5.41) is 5.53. The first kappa shape index (κ1) is 16.0. The van der Waals surface area contributed by atoms with Gasteiger partial charge in [0.15, 0.2) is 0 Å². The summed E-state index contributed by atoms with van der Waals surface area (Å²) in [7, 11) is 0. The zero-order valence-electron chi connectivity index (χ0n) is 11.8. The lowest BCUT2D eigenvalue weighted by atomic mass is 10.1. The molecule has 0 aliphatic rings. The second-order valence-electron chi connectivity index (χ2n) is 4.71. The molecule has 0 radical (unpaired) electrons. The number of carbonyl (C=O) groups excluding carboxylic acids is 2. The lowest BCUT2D eigenvalue weighted by molar-refractivity contribution is -0.117. The average Bonchev–Trinajstić information content (AvgIpc) is 2.48. The van der Waals surface area contributed by atoms with Gasteiger partial charge in [0, 0.05) is 22.3 Å². The van der Waals surface area contributed by atoms with Gasteiger partial charge in [0.05, 0.1) is 0 Å². The number of anilines is 2. The number of carbonyl (C=O) groups is 2. The molecule has 0 saturated heterocycles. The van der Waals surface area contributed by atoms with Crippen molar-refractivity contribution in [2.45, 2.75) is 12.8 Å². The van der Waals surface area contributed by atoms with E-state index in [2.05, 4.69) is 26.6 Å². The third-order valence-corrected chi connectivity index (χ3v) is 3.54. The molecule has 2 aromatic rings. The number of nitrogens with two attached hydrogens (primary N) is 1. The van der Waals surface area contributed by atoms with Crippen LogP contribution in [0, 0.1) is 0 Å². The smallest absolute Gasteiger partial charge is 0.323 e. The number of urea groups is 1. The van der Waals surface area contributed by atoms with Gasteiger partial charge >= 0.3 is 6.03 Å². The van der Waals surface area contributed by atoms with E-state index in [1.807, 2.05) is 30.3 Å². The Morgan fingerprint density at radius 3 is 2.36 bits per heavy atom. The van der Waals surface area contributed by atoms with Crippen molar-refractivity contribution >= 4 is 39.2 Å². The Balaban J connectivity index is 2.01. The minimum atomic E-state index is -0.367. The molecule has 0 unspecified atom stereocenters. The van der Waals surface area contributed by atoms with Crippen LogP contribution in [0.15, 0.2) is 53.0 Å². The Hall–Kier alpha value is -2.34. The number of rotatable bonds is 5. The molecule has 0 bridgehead atoms. The summed E-state index contributed by atoms with van der Waals surface area (Å²) in [6, 6.07) is 14.3. The van der Waals surface area contributed by atoms with E-state index < -0.39 is 0 Å². The van der Waals surface area contributed by atoms with Gasteiger partial charge < -0.3 is 16.4 Å². The van der Waals surface area contributed by atoms with Crippen molar-refractivity contribution in [2.75, 3.05) is 10.6 Å². The molecule has 2 rings (SSSR count). The van der Waals surface area contributed by atoms with Gasteiger partial charge in [0.25, 0.3) is 0 Å². The minimum Gasteiger partial charge on any atom is -0.370 e. The van der Waals surface area contributed by atoms with Crippen molar-refractivity contribution in [3.63, 3.8) is 0 Å². The molecule has 5 nitrogen and oxygen atoms in total. The average molecular weight is 362 g/mol. The second kappa shape index (κ2) is 7.61. The highest BCUT2D eigenvalue weighted by Gasteiger charge is 2.07. The predicted molar refractivity (Wildman–Crippen MR) is 90.7 cm³/mol. The number of amides is 3. The van der Waals surface area contributed by atoms with Crippen molar-refractivity contribution in [3.05, 3.63) is 58.6 Å². The fourth-order valence-electron chi connectivity index (χ4n) is 1.94. The Kier molecular flexibility index (Phi) is 5.55. The molecule has 2 aromatic carbocycles. The normalized spacial score (nSPS) is 10.0. The van der Waals surface area contributed by atoms with Gasteiger partial charge in [-0.2, -0.15) is 0 Å². The lowest BCUT2D eigenvalue weighted by Crippen LogP contribution is -2.20. The third kappa shape index (κ3) is 4.89. The van der Waals surface area contributed by atoms with E-state index in [9.17, 15) is 9.59 Å². The summed E-state index contributed by atoms with van der Waals surface area (Å²) in [6.07, 6.45) is 0.733. The first-order chi connectivity index (χ1) is 10.5. The Morgan fingerprint density at radius 2 is 1.68 bits per heavy atom. The van der Waals surface area contributed by atoms with E-state index in [-0.39, 0.29) is 18.4 Å². The number of hydrogen-bond acceptors (Lipinski definition) is 2. The van der Waals surface area contributed by atoms with Crippen LogP contribution in [0.25, 0.3) is 0 Å². The van der Waals surface area contributed by atoms with Gasteiger partial charge in [-0.15, -0.1) is 0 Å². The Morgan fingerprint density at radius 1 is 1.00 bits per heavy atom. The monoisotopic (exact) mass is 361 g/mol. The molecular weight excluding hydrogens is 346 g/mol. The first-order valence-electron chi connectivity index (χ1n) is 6.74. The highest BCUT2D eigenvalue weighted by molar-refractivity contribution is 9.10. The number of aryl methyl sites for hydroxylation is 1. The van der Waals surface area contributed by atoms with Crippen molar-refractivity contribution < 1.29 is 9.59 Å². The van der Waals surface area contributed by atoms with E-state index in [0.717, 1.165) is 10.0 Å². The summed E-state index contributed by atoms with van der Waals surface area (Å²) in [5.41, 5.74) is 7.39. The van der Waals surface area contributed by atoms with Gasteiger partial charge in [-0.3, -0.25) is 4.79 Å². The molecule has 22 heavy (non-hydrogen) atoms. The van der Waals surface area contributed by atoms with Crippen LogP contribution in [0.3, 0.4) is 0 Å². The molecule has 0 aromatic heterocycles. The quantitative estimate of drug-likeness (QED) is 0.761. The van der Waals surface area contributed by atoms with Crippen molar-refractivity contribution in [3.8, 4) is 0 Å². The minimum absolute atomic E-state index is 0.243. The predicted octanol–water partition coefficient (Wildman–Crippen LogP) is 3.51. The van der Waals surface area contributed by atoms with Crippen molar-refractivity contribution in [1.29, 1.82) is 0 Å². The largest absolute Gasteiger partial charge is 0.370 e. The SMILES string of the molecule is NC(=O)CCc1ccccc1NC(=O)Nc1ccc(Br)cc1. The summed E-state index contributed by atoms with van der Waals surface area (Å²) in [6.45, 7) is 0. The number of benzene rings is 2. The molecule has 0 aliphatic carbocycles. The number of nitrogens with one attached hydrogen (secondary N) is 2. The summed E-state index contributed by atoms with van der Waals surface area (Å²) in [5.74, 6) is -0.367. The van der Waals surface area contributed by atoms with Crippen LogP contribution in [0.5, 0.6) is 0 Å². The van der Waals surface area contributed by atoms with Crippen LogP contribution in [-0.4, -0.2) is 11.9 Å². The number of para-hydroxylation sites is 1. The van der Waals surface area contributed by atoms with Gasteiger partial charge in [-0.1, -0.05) is 34.1 Å². The summed E-state index contributed by atoms with van der Waals surface area (Å²) < 4.78 is 0.940. The molecule has 3 amide bonds. The zero-order chi connectivity index (χ0) is 15.9. The van der Waals surface area contributed by atoms with E-state index >= 15 is 0 Å².